The largest absolute Gasteiger partial charge is 0.388 e. The molecule has 0 aliphatic carbocycles. The van der Waals surface area contributed by atoms with Gasteiger partial charge in [0.05, 0.1) is 17.1 Å². The zero-order valence-corrected chi connectivity index (χ0v) is 12.5. The Hall–Kier alpha value is -2.13. The van der Waals surface area contributed by atoms with Gasteiger partial charge in [0.2, 0.25) is 0 Å². The Morgan fingerprint density at radius 1 is 1.10 bits per heavy atom. The fourth-order valence-electron chi connectivity index (χ4n) is 2.84. The van der Waals surface area contributed by atoms with Crippen LogP contribution in [0.5, 0.6) is 0 Å². The summed E-state index contributed by atoms with van der Waals surface area (Å²) in [6.45, 7) is 2.11. The van der Waals surface area contributed by atoms with Gasteiger partial charge in [0.25, 0.3) is 0 Å². The molecular weight excluding hydrogens is 260 g/mol. The first-order chi connectivity index (χ1) is 10.2. The molecule has 3 rings (SSSR count). The second-order valence-corrected chi connectivity index (χ2v) is 5.35. The standard InChI is InChI=1S/C18H20N2O/c1-3-13-8-4-5-9-14(13)17(21)12-18-19-15-10-6-7-11-16(15)20(18)2/h4-11,17,21H,3,12H2,1-2H3. The molecule has 3 aromatic rings. The Bertz CT molecular complexity index is 761. The van der Waals surface area contributed by atoms with Crippen molar-refractivity contribution in [1.82, 2.24) is 9.55 Å². The van der Waals surface area contributed by atoms with E-state index in [9.17, 15) is 5.11 Å². The number of imidazole rings is 1. The number of nitrogens with zero attached hydrogens (tertiary/aromatic N) is 2. The Balaban J connectivity index is 1.93. The number of aliphatic hydroxyl groups is 1. The minimum Gasteiger partial charge on any atom is -0.388 e. The number of rotatable bonds is 4. The highest BCUT2D eigenvalue weighted by Crippen LogP contribution is 2.23. The summed E-state index contributed by atoms with van der Waals surface area (Å²) in [6, 6.07) is 16.1. The van der Waals surface area contributed by atoms with Gasteiger partial charge >= 0.3 is 0 Å². The number of hydrogen-bond acceptors (Lipinski definition) is 2. The molecule has 0 aliphatic heterocycles. The summed E-state index contributed by atoms with van der Waals surface area (Å²) in [5.41, 5.74) is 4.28. The summed E-state index contributed by atoms with van der Waals surface area (Å²) < 4.78 is 2.06. The van der Waals surface area contributed by atoms with Gasteiger partial charge in [-0.25, -0.2) is 4.98 Å². The highest BCUT2D eigenvalue weighted by atomic mass is 16.3. The average Bonchev–Trinajstić information content (AvgIpc) is 2.84. The molecule has 1 N–H and O–H groups in total. The normalized spacial score (nSPS) is 12.7. The fourth-order valence-corrected chi connectivity index (χ4v) is 2.84. The van der Waals surface area contributed by atoms with E-state index >= 15 is 0 Å². The lowest BCUT2D eigenvalue weighted by atomic mass is 9.98. The van der Waals surface area contributed by atoms with Crippen LogP contribution < -0.4 is 0 Å². The molecule has 3 heteroatoms. The first-order valence-electron chi connectivity index (χ1n) is 7.37. The van der Waals surface area contributed by atoms with Crippen LogP contribution in [0, 0.1) is 0 Å². The number of aryl methyl sites for hydroxylation is 2. The van der Waals surface area contributed by atoms with Crippen molar-refractivity contribution < 1.29 is 5.11 Å². The maximum absolute atomic E-state index is 10.6. The van der Waals surface area contributed by atoms with Crippen LogP contribution in [0.2, 0.25) is 0 Å². The molecule has 1 aromatic heterocycles. The fraction of sp³-hybridized carbons (Fsp3) is 0.278. The Labute approximate surface area is 124 Å². The first-order valence-corrected chi connectivity index (χ1v) is 7.37. The summed E-state index contributed by atoms with van der Waals surface area (Å²) in [5, 5.41) is 10.6. The van der Waals surface area contributed by atoms with Crippen LogP contribution in [-0.4, -0.2) is 14.7 Å². The van der Waals surface area contributed by atoms with E-state index < -0.39 is 6.10 Å². The molecule has 2 aromatic carbocycles. The molecule has 1 atom stereocenters. The van der Waals surface area contributed by atoms with Gasteiger partial charge < -0.3 is 9.67 Å². The zero-order chi connectivity index (χ0) is 14.8. The van der Waals surface area contributed by atoms with Gasteiger partial charge in [-0.05, 0) is 29.7 Å². The van der Waals surface area contributed by atoms with Gasteiger partial charge in [-0.15, -0.1) is 0 Å². The van der Waals surface area contributed by atoms with E-state index in [1.807, 2.05) is 43.4 Å². The van der Waals surface area contributed by atoms with Crippen molar-refractivity contribution in [2.45, 2.75) is 25.9 Å². The lowest BCUT2D eigenvalue weighted by Gasteiger charge is -2.14. The Morgan fingerprint density at radius 2 is 1.81 bits per heavy atom. The summed E-state index contributed by atoms with van der Waals surface area (Å²) in [5.74, 6) is 0.912. The van der Waals surface area contributed by atoms with Crippen molar-refractivity contribution in [2.24, 2.45) is 7.05 Å². The Morgan fingerprint density at radius 3 is 2.57 bits per heavy atom. The van der Waals surface area contributed by atoms with Crippen molar-refractivity contribution in [2.75, 3.05) is 0 Å². The van der Waals surface area contributed by atoms with Gasteiger partial charge in [0.15, 0.2) is 0 Å². The summed E-state index contributed by atoms with van der Waals surface area (Å²) >= 11 is 0. The van der Waals surface area contributed by atoms with E-state index in [2.05, 4.69) is 28.6 Å². The van der Waals surface area contributed by atoms with Crippen LogP contribution in [0.25, 0.3) is 11.0 Å². The third-order valence-corrected chi connectivity index (χ3v) is 4.05. The van der Waals surface area contributed by atoms with Crippen LogP contribution in [0.1, 0.15) is 30.0 Å². The third-order valence-electron chi connectivity index (χ3n) is 4.05. The quantitative estimate of drug-likeness (QED) is 0.795. The molecule has 0 fully saturated rings. The molecule has 21 heavy (non-hydrogen) atoms. The predicted molar refractivity (Wildman–Crippen MR) is 85.2 cm³/mol. The molecule has 0 saturated carbocycles. The van der Waals surface area contributed by atoms with Crippen molar-refractivity contribution in [3.8, 4) is 0 Å². The predicted octanol–water partition coefficient (Wildman–Crippen LogP) is 3.41. The topological polar surface area (TPSA) is 38.1 Å². The van der Waals surface area contributed by atoms with E-state index in [0.717, 1.165) is 28.8 Å². The Kier molecular flexibility index (Phi) is 3.76. The molecule has 1 heterocycles. The molecular formula is C18H20N2O. The second-order valence-electron chi connectivity index (χ2n) is 5.35. The minimum atomic E-state index is -0.517. The number of aliphatic hydroxyl groups excluding tert-OH is 1. The monoisotopic (exact) mass is 280 g/mol. The number of aromatic nitrogens is 2. The van der Waals surface area contributed by atoms with Crippen molar-refractivity contribution in [3.05, 3.63) is 65.5 Å². The van der Waals surface area contributed by atoms with Crippen LogP contribution in [-0.2, 0) is 19.9 Å². The van der Waals surface area contributed by atoms with Gasteiger partial charge in [0.1, 0.15) is 5.82 Å². The molecule has 108 valence electrons. The highest BCUT2D eigenvalue weighted by Gasteiger charge is 2.16. The lowest BCUT2D eigenvalue weighted by molar-refractivity contribution is 0.174. The van der Waals surface area contributed by atoms with Crippen molar-refractivity contribution in [3.63, 3.8) is 0 Å². The average molecular weight is 280 g/mol. The molecule has 3 nitrogen and oxygen atoms in total. The number of para-hydroxylation sites is 2. The SMILES string of the molecule is CCc1ccccc1C(O)Cc1nc2ccccc2n1C. The molecule has 0 bridgehead atoms. The van der Waals surface area contributed by atoms with Crippen LogP contribution >= 0.6 is 0 Å². The third kappa shape index (κ3) is 2.57. The number of benzene rings is 2. The van der Waals surface area contributed by atoms with Gasteiger partial charge in [-0.2, -0.15) is 0 Å². The molecule has 0 spiro atoms. The van der Waals surface area contributed by atoms with Gasteiger partial charge in [-0.1, -0.05) is 43.3 Å². The summed E-state index contributed by atoms with van der Waals surface area (Å²) in [4.78, 5) is 4.64. The number of hydrogen-bond donors (Lipinski definition) is 1. The zero-order valence-electron chi connectivity index (χ0n) is 12.5. The molecule has 1 unspecified atom stereocenters. The molecule has 0 amide bonds. The van der Waals surface area contributed by atoms with Crippen molar-refractivity contribution in [1.29, 1.82) is 0 Å². The molecule has 0 aliphatic rings. The maximum Gasteiger partial charge on any atom is 0.112 e. The van der Waals surface area contributed by atoms with E-state index in [-0.39, 0.29) is 0 Å². The second kappa shape index (κ2) is 5.70. The molecule has 0 radical (unpaired) electrons. The maximum atomic E-state index is 10.6. The smallest absolute Gasteiger partial charge is 0.112 e. The van der Waals surface area contributed by atoms with Crippen LogP contribution in [0.3, 0.4) is 0 Å². The molecule has 0 saturated heterocycles. The van der Waals surface area contributed by atoms with Crippen LogP contribution in [0.15, 0.2) is 48.5 Å². The number of fused-ring (bicyclic) bond motifs is 1. The van der Waals surface area contributed by atoms with Gasteiger partial charge in [0, 0.05) is 13.5 Å². The summed E-state index contributed by atoms with van der Waals surface area (Å²) in [7, 11) is 2.00. The van der Waals surface area contributed by atoms with E-state index in [1.54, 1.807) is 0 Å². The van der Waals surface area contributed by atoms with Crippen molar-refractivity contribution >= 4 is 11.0 Å². The first kappa shape index (κ1) is 13.8. The van der Waals surface area contributed by atoms with Gasteiger partial charge in [-0.3, -0.25) is 0 Å². The highest BCUT2D eigenvalue weighted by molar-refractivity contribution is 5.75. The van der Waals surface area contributed by atoms with E-state index in [0.29, 0.717) is 6.42 Å². The van der Waals surface area contributed by atoms with Crippen LogP contribution in [0.4, 0.5) is 0 Å². The van der Waals surface area contributed by atoms with E-state index in [1.165, 1.54) is 5.56 Å². The van der Waals surface area contributed by atoms with E-state index in [4.69, 9.17) is 0 Å². The lowest BCUT2D eigenvalue weighted by Crippen LogP contribution is -2.08. The minimum absolute atomic E-state index is 0.517. The summed E-state index contributed by atoms with van der Waals surface area (Å²) in [6.07, 6.45) is 0.939.